The Morgan fingerprint density at radius 3 is 2.70 bits per heavy atom. The topological polar surface area (TPSA) is 136 Å². The van der Waals surface area contributed by atoms with Crippen LogP contribution in [-0.4, -0.2) is 64.6 Å². The Bertz CT molecular complexity index is 1470. The Balaban J connectivity index is 1.09. The number of H-pyrrole nitrogens is 1. The van der Waals surface area contributed by atoms with Crippen LogP contribution in [0.5, 0.6) is 5.19 Å². The number of anilines is 1. The van der Waals surface area contributed by atoms with Gasteiger partial charge in [-0.3, -0.25) is 0 Å². The number of rotatable bonds is 7. The second-order valence-electron chi connectivity index (χ2n) is 9.39. The number of imidazole rings is 1. The molecule has 0 saturated carbocycles. The summed E-state index contributed by atoms with van der Waals surface area (Å²) in [5, 5.41) is 22.7. The molecule has 1 unspecified atom stereocenters. The van der Waals surface area contributed by atoms with Crippen LogP contribution < -0.4 is 9.64 Å². The van der Waals surface area contributed by atoms with Crippen molar-refractivity contribution in [1.82, 2.24) is 45.4 Å². The fourth-order valence-electron chi connectivity index (χ4n) is 4.41. The van der Waals surface area contributed by atoms with Gasteiger partial charge < -0.3 is 14.2 Å². The Morgan fingerprint density at radius 2 is 2.03 bits per heavy atom. The summed E-state index contributed by atoms with van der Waals surface area (Å²) < 4.78 is 28.0. The van der Waals surface area contributed by atoms with E-state index in [1.165, 1.54) is 17.4 Å². The van der Waals surface area contributed by atoms with E-state index in [1.807, 2.05) is 13.8 Å². The molecule has 1 fully saturated rings. The molecule has 37 heavy (non-hydrogen) atoms. The van der Waals surface area contributed by atoms with Crippen molar-refractivity contribution in [3.63, 3.8) is 0 Å². The molecule has 1 atom stereocenters. The normalized spacial score (nSPS) is 15.6. The summed E-state index contributed by atoms with van der Waals surface area (Å²) in [4.78, 5) is 11.8. The lowest BCUT2D eigenvalue weighted by molar-refractivity contribution is 0.130. The van der Waals surface area contributed by atoms with Crippen LogP contribution in [0.4, 0.5) is 10.4 Å². The van der Waals surface area contributed by atoms with Gasteiger partial charge in [0.1, 0.15) is 11.9 Å². The minimum absolute atomic E-state index is 0.0125. The van der Waals surface area contributed by atoms with Crippen molar-refractivity contribution in [2.75, 3.05) is 18.0 Å². The fraction of sp³-hybridized carbons (Fsp3) is 0.435. The monoisotopic (exact) mass is 524 g/mol. The number of aromatic nitrogens is 9. The maximum atomic E-state index is 14.8. The minimum atomic E-state index is -0.426. The highest BCUT2D eigenvalue weighted by atomic mass is 32.1. The number of nitrogens with one attached hydrogen (secondary N) is 1. The number of hydrogen-bond donors (Lipinski definition) is 1. The van der Waals surface area contributed by atoms with E-state index in [0.717, 1.165) is 31.8 Å². The van der Waals surface area contributed by atoms with Gasteiger partial charge in [-0.1, -0.05) is 25.1 Å². The predicted octanol–water partition coefficient (Wildman–Crippen LogP) is 3.97. The van der Waals surface area contributed by atoms with Crippen molar-refractivity contribution < 1.29 is 13.7 Å². The van der Waals surface area contributed by atoms with Crippen molar-refractivity contribution in [2.24, 2.45) is 5.92 Å². The third kappa shape index (κ3) is 4.63. The minimum Gasteiger partial charge on any atom is -0.466 e. The van der Waals surface area contributed by atoms with Crippen LogP contribution in [0.2, 0.25) is 0 Å². The van der Waals surface area contributed by atoms with Crippen LogP contribution in [-0.2, 0) is 0 Å². The van der Waals surface area contributed by atoms with Crippen LogP contribution in [0.25, 0.3) is 27.6 Å². The van der Waals surface area contributed by atoms with E-state index in [9.17, 15) is 4.39 Å². The summed E-state index contributed by atoms with van der Waals surface area (Å²) in [7, 11) is 0. The lowest BCUT2D eigenvalue weighted by Crippen LogP contribution is -2.38. The van der Waals surface area contributed by atoms with Crippen LogP contribution in [0.3, 0.4) is 0 Å². The molecule has 1 aliphatic rings. The molecule has 1 N–H and O–H groups in total. The van der Waals surface area contributed by atoms with Gasteiger partial charge in [0.05, 0.1) is 11.9 Å². The van der Waals surface area contributed by atoms with Crippen molar-refractivity contribution in [2.45, 2.75) is 45.6 Å². The highest BCUT2D eigenvalue weighted by molar-refractivity contribution is 7.18. The molecule has 1 saturated heterocycles. The van der Waals surface area contributed by atoms with E-state index in [0.29, 0.717) is 44.7 Å². The first kappa shape index (κ1) is 23.5. The molecule has 1 aromatic carbocycles. The molecule has 5 aromatic rings. The highest BCUT2D eigenvalue weighted by Crippen LogP contribution is 2.32. The zero-order chi connectivity index (χ0) is 25.5. The molecular formula is C23H25FN10O2S. The van der Waals surface area contributed by atoms with E-state index in [1.54, 1.807) is 22.8 Å². The summed E-state index contributed by atoms with van der Waals surface area (Å²) in [6.07, 6.45) is 3.59. The van der Waals surface area contributed by atoms with Gasteiger partial charge in [0.2, 0.25) is 10.8 Å². The predicted molar refractivity (Wildman–Crippen MR) is 133 cm³/mol. The first-order valence-electron chi connectivity index (χ1n) is 12.1. The average Bonchev–Trinajstić information content (AvgIpc) is 3.68. The number of aromatic amines is 1. The van der Waals surface area contributed by atoms with E-state index >= 15 is 0 Å². The van der Waals surface area contributed by atoms with Crippen molar-refractivity contribution in [3.8, 4) is 27.8 Å². The second kappa shape index (κ2) is 9.50. The zero-order valence-corrected chi connectivity index (χ0v) is 21.3. The molecule has 0 amide bonds. The first-order chi connectivity index (χ1) is 17.9. The van der Waals surface area contributed by atoms with Gasteiger partial charge >= 0.3 is 6.01 Å². The van der Waals surface area contributed by atoms with Gasteiger partial charge in [0, 0.05) is 30.1 Å². The van der Waals surface area contributed by atoms with Crippen molar-refractivity contribution in [1.29, 1.82) is 0 Å². The van der Waals surface area contributed by atoms with Gasteiger partial charge in [-0.15, -0.1) is 15.3 Å². The highest BCUT2D eigenvalue weighted by Gasteiger charge is 2.28. The lowest BCUT2D eigenvalue weighted by Gasteiger charge is -2.33. The summed E-state index contributed by atoms with van der Waals surface area (Å²) in [6, 6.07) is 5.34. The molecule has 6 rings (SSSR count). The summed E-state index contributed by atoms with van der Waals surface area (Å²) >= 11 is 1.33. The molecule has 4 aromatic heterocycles. The SMILES string of the molecule is CC(C)c1noc(N2CCC(C(C)Oc3nn4cc(-c5ccc(-c6nn[nH]n6)cc5F)nc4s3)CC2)n1. The van der Waals surface area contributed by atoms with Gasteiger partial charge in [-0.2, -0.15) is 10.2 Å². The molecule has 0 bridgehead atoms. The van der Waals surface area contributed by atoms with Gasteiger partial charge in [0.25, 0.3) is 5.19 Å². The van der Waals surface area contributed by atoms with E-state index in [4.69, 9.17) is 9.26 Å². The summed E-state index contributed by atoms with van der Waals surface area (Å²) in [6.45, 7) is 7.83. The standard InChI is InChI=1S/C23H25FN10O2S/c1-12(2)19-26-21(36-30-19)33-8-6-14(7-9-33)13(3)35-23-29-34-11-18(25-22(34)37-23)16-5-4-15(10-17(16)24)20-27-31-32-28-20/h4-5,10-14H,6-9H2,1-3H3,(H,27,28,31,32). The number of fused-ring (bicyclic) bond motifs is 1. The molecule has 12 nitrogen and oxygen atoms in total. The maximum Gasteiger partial charge on any atom is 0.324 e. The van der Waals surface area contributed by atoms with Gasteiger partial charge in [-0.25, -0.2) is 13.9 Å². The molecule has 0 spiro atoms. The van der Waals surface area contributed by atoms with Gasteiger partial charge in [-0.05, 0) is 54.4 Å². The Hall–Kier alpha value is -3.94. The Morgan fingerprint density at radius 1 is 1.19 bits per heavy atom. The smallest absolute Gasteiger partial charge is 0.324 e. The number of benzene rings is 1. The lowest BCUT2D eigenvalue weighted by atomic mass is 9.92. The molecular weight excluding hydrogens is 499 g/mol. The van der Waals surface area contributed by atoms with Crippen LogP contribution in [0.1, 0.15) is 45.4 Å². The van der Waals surface area contributed by atoms with E-state index in [-0.39, 0.29) is 12.0 Å². The van der Waals surface area contributed by atoms with E-state index in [2.05, 4.69) is 52.7 Å². The Labute approximate surface area is 214 Å². The third-order valence-electron chi connectivity index (χ3n) is 6.58. The fourth-order valence-corrected chi connectivity index (χ4v) is 5.23. The quantitative estimate of drug-likeness (QED) is 0.333. The first-order valence-corrected chi connectivity index (χ1v) is 12.9. The molecule has 14 heteroatoms. The second-order valence-corrected chi connectivity index (χ2v) is 10.3. The zero-order valence-electron chi connectivity index (χ0n) is 20.5. The molecule has 192 valence electrons. The number of tetrazole rings is 1. The van der Waals surface area contributed by atoms with Crippen LogP contribution in [0.15, 0.2) is 28.9 Å². The molecule has 0 aliphatic carbocycles. The maximum absolute atomic E-state index is 14.8. The number of nitrogens with zero attached hydrogens (tertiary/aromatic N) is 9. The van der Waals surface area contributed by atoms with Crippen molar-refractivity contribution >= 4 is 22.3 Å². The largest absolute Gasteiger partial charge is 0.466 e. The van der Waals surface area contributed by atoms with E-state index < -0.39 is 5.82 Å². The van der Waals surface area contributed by atoms with Crippen LogP contribution in [0, 0.1) is 11.7 Å². The van der Waals surface area contributed by atoms with Gasteiger partial charge in [0.15, 0.2) is 5.82 Å². The molecule has 1 aliphatic heterocycles. The van der Waals surface area contributed by atoms with Crippen LogP contribution >= 0.6 is 11.3 Å². The molecule has 5 heterocycles. The molecule has 0 radical (unpaired) electrons. The average molecular weight is 525 g/mol. The number of hydrogen-bond acceptors (Lipinski definition) is 11. The Kier molecular flexibility index (Phi) is 6.02. The summed E-state index contributed by atoms with van der Waals surface area (Å²) in [5.41, 5.74) is 1.39. The number of ether oxygens (including phenoxy) is 1. The van der Waals surface area contributed by atoms with Crippen molar-refractivity contribution in [3.05, 3.63) is 36.0 Å². The summed E-state index contributed by atoms with van der Waals surface area (Å²) in [5.74, 6) is 1.25. The third-order valence-corrected chi connectivity index (χ3v) is 7.39. The number of piperidine rings is 1. The number of halogens is 1.